The number of nitrogens with zero attached hydrogens (tertiary/aromatic N) is 1. The van der Waals surface area contributed by atoms with Crippen molar-refractivity contribution in [1.29, 1.82) is 0 Å². The third-order valence-electron chi connectivity index (χ3n) is 3.75. The van der Waals surface area contributed by atoms with Crippen LogP contribution in [0.25, 0.3) is 0 Å². The second-order valence-electron chi connectivity index (χ2n) is 5.36. The van der Waals surface area contributed by atoms with Gasteiger partial charge in [0.2, 0.25) is 0 Å². The fourth-order valence-corrected chi connectivity index (χ4v) is 2.80. The molecule has 0 radical (unpaired) electrons. The number of aromatic hydroxyl groups is 1. The van der Waals surface area contributed by atoms with Gasteiger partial charge in [-0.25, -0.2) is 0 Å². The summed E-state index contributed by atoms with van der Waals surface area (Å²) in [5.41, 5.74) is 0.491. The molecule has 0 spiro atoms. The molecule has 8 heteroatoms. The fraction of sp³-hybridized carbons (Fsp3) is 0.600. The minimum Gasteiger partial charge on any atom is -0.508 e. The van der Waals surface area contributed by atoms with Crippen molar-refractivity contribution >= 4 is 12.4 Å². The Bertz CT molecular complexity index is 494. The number of phenolic OH excluding ortho intramolecular Hbond substituents is 1. The van der Waals surface area contributed by atoms with Crippen LogP contribution in [-0.4, -0.2) is 42.5 Å². The smallest absolute Gasteiger partial charge is 0.508 e. The number of halogens is 4. The molecule has 0 aromatic heterocycles. The second kappa shape index (κ2) is 8.61. The van der Waals surface area contributed by atoms with Crippen LogP contribution in [0, 0.1) is 0 Å². The van der Waals surface area contributed by atoms with Crippen LogP contribution in [0.5, 0.6) is 11.5 Å². The van der Waals surface area contributed by atoms with Crippen molar-refractivity contribution < 1.29 is 23.0 Å². The average Bonchev–Trinajstić information content (AvgIpc) is 2.46. The van der Waals surface area contributed by atoms with Crippen molar-refractivity contribution in [3.8, 4) is 11.5 Å². The monoisotopic (exact) mass is 354 g/mol. The Labute approximate surface area is 140 Å². The Morgan fingerprint density at radius 2 is 1.96 bits per heavy atom. The van der Waals surface area contributed by atoms with Crippen molar-refractivity contribution in [3.05, 3.63) is 23.8 Å². The van der Waals surface area contributed by atoms with Crippen LogP contribution in [0.1, 0.15) is 31.4 Å². The van der Waals surface area contributed by atoms with Gasteiger partial charge < -0.3 is 15.2 Å². The van der Waals surface area contributed by atoms with Crippen molar-refractivity contribution in [2.75, 3.05) is 26.2 Å². The van der Waals surface area contributed by atoms with Gasteiger partial charge in [-0.2, -0.15) is 0 Å². The van der Waals surface area contributed by atoms with Crippen LogP contribution in [0.15, 0.2) is 18.2 Å². The van der Waals surface area contributed by atoms with E-state index in [-0.39, 0.29) is 29.9 Å². The van der Waals surface area contributed by atoms with Gasteiger partial charge in [0.15, 0.2) is 0 Å². The first-order valence-corrected chi connectivity index (χ1v) is 7.44. The normalized spacial score (nSPS) is 17.4. The van der Waals surface area contributed by atoms with Gasteiger partial charge in [0, 0.05) is 37.8 Å². The molecule has 0 bridgehead atoms. The Kier molecular flexibility index (Phi) is 7.44. The molecule has 0 amide bonds. The number of ether oxygens (including phenoxy) is 1. The van der Waals surface area contributed by atoms with Gasteiger partial charge in [-0.1, -0.05) is 13.3 Å². The van der Waals surface area contributed by atoms with Gasteiger partial charge in [0.25, 0.3) is 0 Å². The molecule has 1 aromatic carbocycles. The van der Waals surface area contributed by atoms with Crippen LogP contribution in [0.4, 0.5) is 13.2 Å². The van der Waals surface area contributed by atoms with E-state index in [1.54, 1.807) is 0 Å². The topological polar surface area (TPSA) is 44.7 Å². The molecule has 0 unspecified atom stereocenters. The van der Waals surface area contributed by atoms with E-state index in [1.807, 2.05) is 6.92 Å². The third-order valence-corrected chi connectivity index (χ3v) is 3.75. The SMILES string of the molecule is CCC[C@@H](c1cc(OC(F)(F)F)ccc1O)N1CCNCC1.Cl. The second-order valence-corrected chi connectivity index (χ2v) is 5.36. The number of nitrogens with one attached hydrogen (secondary N) is 1. The minimum absolute atomic E-state index is 0. The van der Waals surface area contributed by atoms with Crippen molar-refractivity contribution in [1.82, 2.24) is 10.2 Å². The number of hydrogen-bond donors (Lipinski definition) is 2. The van der Waals surface area contributed by atoms with Crippen molar-refractivity contribution in [2.24, 2.45) is 0 Å². The highest BCUT2D eigenvalue weighted by Gasteiger charge is 2.32. The zero-order valence-electron chi connectivity index (χ0n) is 12.9. The van der Waals surface area contributed by atoms with Crippen LogP contribution in [0.3, 0.4) is 0 Å². The van der Waals surface area contributed by atoms with E-state index in [0.29, 0.717) is 5.56 Å². The maximum absolute atomic E-state index is 12.4. The number of hydrogen-bond acceptors (Lipinski definition) is 4. The van der Waals surface area contributed by atoms with E-state index in [0.717, 1.165) is 45.1 Å². The molecule has 0 saturated carbocycles. The van der Waals surface area contributed by atoms with Gasteiger partial charge in [-0.05, 0) is 24.6 Å². The molecule has 1 atom stereocenters. The molecular weight excluding hydrogens is 333 g/mol. The molecule has 2 N–H and O–H groups in total. The first kappa shape index (κ1) is 19.9. The lowest BCUT2D eigenvalue weighted by Gasteiger charge is -2.35. The van der Waals surface area contributed by atoms with E-state index >= 15 is 0 Å². The van der Waals surface area contributed by atoms with Crippen LogP contribution in [0.2, 0.25) is 0 Å². The van der Waals surface area contributed by atoms with Gasteiger partial charge in [0.1, 0.15) is 11.5 Å². The van der Waals surface area contributed by atoms with Gasteiger partial charge in [0.05, 0.1) is 0 Å². The molecular formula is C15H22ClF3N2O2. The zero-order chi connectivity index (χ0) is 16.2. The molecule has 2 rings (SSSR count). The number of phenols is 1. The van der Waals surface area contributed by atoms with Gasteiger partial charge >= 0.3 is 6.36 Å². The Hall–Kier alpha value is -1.18. The first-order chi connectivity index (χ1) is 10.4. The van der Waals surface area contributed by atoms with Crippen LogP contribution < -0.4 is 10.1 Å². The predicted molar refractivity (Wildman–Crippen MR) is 84.1 cm³/mol. The van der Waals surface area contributed by atoms with E-state index in [2.05, 4.69) is 15.0 Å². The highest BCUT2D eigenvalue weighted by Crippen LogP contribution is 2.36. The van der Waals surface area contributed by atoms with Crippen molar-refractivity contribution in [3.63, 3.8) is 0 Å². The van der Waals surface area contributed by atoms with E-state index in [1.165, 1.54) is 12.1 Å². The van der Waals surface area contributed by atoms with E-state index in [4.69, 9.17) is 0 Å². The summed E-state index contributed by atoms with van der Waals surface area (Å²) in [4.78, 5) is 2.19. The molecule has 4 nitrogen and oxygen atoms in total. The molecule has 1 fully saturated rings. The Morgan fingerprint density at radius 1 is 1.30 bits per heavy atom. The van der Waals surface area contributed by atoms with Crippen LogP contribution >= 0.6 is 12.4 Å². The number of piperazine rings is 1. The van der Waals surface area contributed by atoms with Gasteiger partial charge in [-0.3, -0.25) is 4.90 Å². The maximum atomic E-state index is 12.4. The Morgan fingerprint density at radius 3 is 2.52 bits per heavy atom. The maximum Gasteiger partial charge on any atom is 0.573 e. The van der Waals surface area contributed by atoms with Crippen molar-refractivity contribution in [2.45, 2.75) is 32.2 Å². The summed E-state index contributed by atoms with van der Waals surface area (Å²) in [7, 11) is 0. The molecule has 1 heterocycles. The molecule has 1 aromatic rings. The summed E-state index contributed by atoms with van der Waals surface area (Å²) >= 11 is 0. The lowest BCUT2D eigenvalue weighted by molar-refractivity contribution is -0.274. The zero-order valence-corrected chi connectivity index (χ0v) is 13.7. The highest BCUT2D eigenvalue weighted by atomic mass is 35.5. The molecule has 0 aliphatic carbocycles. The predicted octanol–water partition coefficient (Wildman–Crippen LogP) is 3.46. The number of benzene rings is 1. The van der Waals surface area contributed by atoms with E-state index in [9.17, 15) is 18.3 Å². The summed E-state index contributed by atoms with van der Waals surface area (Å²) in [6, 6.07) is 3.59. The van der Waals surface area contributed by atoms with E-state index < -0.39 is 6.36 Å². The molecule has 1 aliphatic heterocycles. The summed E-state index contributed by atoms with van der Waals surface area (Å²) in [6.45, 7) is 5.28. The summed E-state index contributed by atoms with van der Waals surface area (Å²) in [6.07, 6.45) is -3.09. The minimum atomic E-state index is -4.73. The summed E-state index contributed by atoms with van der Waals surface area (Å²) in [5.74, 6) is -0.289. The lowest BCUT2D eigenvalue weighted by atomic mass is 9.98. The molecule has 1 saturated heterocycles. The first-order valence-electron chi connectivity index (χ1n) is 7.44. The summed E-state index contributed by atoms with van der Waals surface area (Å²) < 4.78 is 41.1. The lowest BCUT2D eigenvalue weighted by Crippen LogP contribution is -2.45. The molecule has 132 valence electrons. The average molecular weight is 355 g/mol. The molecule has 23 heavy (non-hydrogen) atoms. The number of alkyl halides is 3. The van der Waals surface area contributed by atoms with Gasteiger partial charge in [-0.15, -0.1) is 25.6 Å². The largest absolute Gasteiger partial charge is 0.573 e. The highest BCUT2D eigenvalue weighted by molar-refractivity contribution is 5.85. The standard InChI is InChI=1S/C15H21F3N2O2.ClH/c1-2-3-13(20-8-6-19-7-9-20)12-10-11(4-5-14(12)21)22-15(16,17)18;/h4-5,10,13,19,21H,2-3,6-9H2,1H3;1H/t13-;/m0./s1. The quantitative estimate of drug-likeness (QED) is 0.850. The Balaban J connectivity index is 0.00000264. The summed E-state index contributed by atoms with van der Waals surface area (Å²) in [5, 5.41) is 13.3. The fourth-order valence-electron chi connectivity index (χ4n) is 2.80. The third kappa shape index (κ3) is 5.75. The number of rotatable bonds is 5. The van der Waals surface area contributed by atoms with Crippen LogP contribution in [-0.2, 0) is 0 Å². The molecule has 1 aliphatic rings.